The number of hydrogen-bond acceptors (Lipinski definition) is 4. The minimum atomic E-state index is 0.645. The van der Waals surface area contributed by atoms with Crippen molar-refractivity contribution in [3.05, 3.63) is 53.1 Å². The highest BCUT2D eigenvalue weighted by Gasteiger charge is 2.06. The highest BCUT2D eigenvalue weighted by molar-refractivity contribution is 6.30. The third-order valence-corrected chi connectivity index (χ3v) is 2.89. The average molecular weight is 291 g/mol. The van der Waals surface area contributed by atoms with Gasteiger partial charge in [-0.2, -0.15) is 5.10 Å². The van der Waals surface area contributed by atoms with Crippen molar-refractivity contribution in [2.75, 3.05) is 19.6 Å². The van der Waals surface area contributed by atoms with E-state index in [-0.39, 0.29) is 0 Å². The number of hydrazone groups is 1. The lowest BCUT2D eigenvalue weighted by Crippen LogP contribution is -1.96. The second-order valence-electron chi connectivity index (χ2n) is 3.96. The summed E-state index contributed by atoms with van der Waals surface area (Å²) in [5, 5.41) is 4.82. The monoisotopic (exact) mass is 290 g/mol. The lowest BCUT2D eigenvalue weighted by molar-refractivity contribution is 0.354. The van der Waals surface area contributed by atoms with Gasteiger partial charge < -0.3 is 9.47 Å². The van der Waals surface area contributed by atoms with Crippen LogP contribution in [0.1, 0.15) is 5.56 Å². The number of benzene rings is 2. The second-order valence-corrected chi connectivity index (χ2v) is 4.40. The van der Waals surface area contributed by atoms with Gasteiger partial charge in [0.2, 0.25) is 0 Å². The molecule has 0 atom stereocenters. The molecule has 0 saturated carbocycles. The number of para-hydroxylation sites is 1. The van der Waals surface area contributed by atoms with Crippen molar-refractivity contribution in [3.63, 3.8) is 0 Å². The zero-order valence-corrected chi connectivity index (χ0v) is 12.0. The number of nitrogens with one attached hydrogen (secondary N) is 1. The summed E-state index contributed by atoms with van der Waals surface area (Å²) in [5.74, 6) is 1.31. The molecule has 104 valence electrons. The van der Waals surface area contributed by atoms with Gasteiger partial charge in [-0.25, -0.2) is 0 Å². The molecular formula is C15H15ClN2O2. The van der Waals surface area contributed by atoms with Crippen LogP contribution in [0.2, 0.25) is 5.02 Å². The summed E-state index contributed by atoms with van der Waals surface area (Å²) >= 11 is 5.90. The predicted octanol–water partition coefficient (Wildman–Crippen LogP) is 3.80. The maximum atomic E-state index is 5.90. The molecule has 1 N–H and O–H groups in total. The summed E-state index contributed by atoms with van der Waals surface area (Å²) in [5.41, 5.74) is 4.55. The van der Waals surface area contributed by atoms with Gasteiger partial charge in [0, 0.05) is 10.6 Å². The molecule has 0 aliphatic rings. The first-order valence-electron chi connectivity index (χ1n) is 6.00. The number of ether oxygens (including phenoxy) is 2. The molecule has 0 unspecified atom stereocenters. The van der Waals surface area contributed by atoms with Crippen LogP contribution in [0.15, 0.2) is 47.6 Å². The minimum absolute atomic E-state index is 0.645. The maximum absolute atomic E-state index is 5.90. The zero-order chi connectivity index (χ0) is 14.4. The molecular weight excluding hydrogens is 276 g/mol. The molecule has 0 spiro atoms. The fraction of sp³-hybridized carbons (Fsp3) is 0.133. The van der Waals surface area contributed by atoms with E-state index in [1.165, 1.54) is 0 Å². The Morgan fingerprint density at radius 2 is 1.90 bits per heavy atom. The Kier molecular flexibility index (Phi) is 4.85. The van der Waals surface area contributed by atoms with E-state index < -0.39 is 0 Å². The number of anilines is 1. The highest BCUT2D eigenvalue weighted by atomic mass is 35.5. The molecule has 0 aliphatic carbocycles. The molecule has 4 nitrogen and oxygen atoms in total. The van der Waals surface area contributed by atoms with E-state index in [9.17, 15) is 0 Å². The largest absolute Gasteiger partial charge is 0.493 e. The molecule has 0 fully saturated rings. The van der Waals surface area contributed by atoms with Crippen molar-refractivity contribution in [2.24, 2.45) is 5.10 Å². The molecule has 0 bridgehead atoms. The third kappa shape index (κ3) is 3.42. The van der Waals surface area contributed by atoms with Gasteiger partial charge in [-0.1, -0.05) is 23.7 Å². The molecule has 0 aliphatic heterocycles. The quantitative estimate of drug-likeness (QED) is 0.673. The van der Waals surface area contributed by atoms with Gasteiger partial charge in [-0.15, -0.1) is 0 Å². The van der Waals surface area contributed by atoms with Gasteiger partial charge in [0.25, 0.3) is 0 Å². The van der Waals surface area contributed by atoms with E-state index in [2.05, 4.69) is 10.5 Å². The first kappa shape index (κ1) is 14.2. The van der Waals surface area contributed by atoms with E-state index in [1.54, 1.807) is 26.5 Å². The molecule has 0 saturated heterocycles. The van der Waals surface area contributed by atoms with Crippen molar-refractivity contribution < 1.29 is 9.47 Å². The number of rotatable bonds is 5. The van der Waals surface area contributed by atoms with Gasteiger partial charge in [0.1, 0.15) is 0 Å². The van der Waals surface area contributed by atoms with E-state index in [1.807, 2.05) is 36.4 Å². The molecule has 0 radical (unpaired) electrons. The lowest BCUT2D eigenvalue weighted by Gasteiger charge is -2.09. The summed E-state index contributed by atoms with van der Waals surface area (Å²) in [6.07, 6.45) is 1.67. The van der Waals surface area contributed by atoms with Gasteiger partial charge in [0.05, 0.1) is 26.1 Å². The van der Waals surface area contributed by atoms with Gasteiger partial charge in [0.15, 0.2) is 11.5 Å². The summed E-state index contributed by atoms with van der Waals surface area (Å²) in [4.78, 5) is 0. The Labute approximate surface area is 123 Å². The van der Waals surface area contributed by atoms with Crippen molar-refractivity contribution in [3.8, 4) is 11.5 Å². The van der Waals surface area contributed by atoms with Crippen LogP contribution in [0.5, 0.6) is 11.5 Å². The normalized spacial score (nSPS) is 10.6. The van der Waals surface area contributed by atoms with Crippen LogP contribution in [0, 0.1) is 0 Å². The van der Waals surface area contributed by atoms with E-state index in [4.69, 9.17) is 21.1 Å². The number of halogens is 1. The highest BCUT2D eigenvalue weighted by Crippen LogP contribution is 2.29. The number of hydrogen-bond donors (Lipinski definition) is 1. The topological polar surface area (TPSA) is 42.8 Å². The van der Waals surface area contributed by atoms with Crippen molar-refractivity contribution >= 4 is 23.5 Å². The Bertz CT molecular complexity index is 615. The van der Waals surface area contributed by atoms with Crippen molar-refractivity contribution in [1.82, 2.24) is 0 Å². The molecule has 2 aromatic carbocycles. The first-order chi connectivity index (χ1) is 9.74. The van der Waals surface area contributed by atoms with E-state index in [0.29, 0.717) is 16.5 Å². The summed E-state index contributed by atoms with van der Waals surface area (Å²) < 4.78 is 10.6. The fourth-order valence-electron chi connectivity index (χ4n) is 1.75. The van der Waals surface area contributed by atoms with Crippen molar-refractivity contribution in [1.29, 1.82) is 0 Å². The minimum Gasteiger partial charge on any atom is -0.493 e. The molecule has 5 heteroatoms. The lowest BCUT2D eigenvalue weighted by atomic mass is 10.2. The molecule has 2 aromatic rings. The fourth-order valence-corrected chi connectivity index (χ4v) is 1.94. The van der Waals surface area contributed by atoms with Crippen LogP contribution in [0.4, 0.5) is 5.69 Å². The zero-order valence-electron chi connectivity index (χ0n) is 11.3. The Morgan fingerprint density at radius 1 is 1.10 bits per heavy atom. The maximum Gasteiger partial charge on any atom is 0.169 e. The Balaban J connectivity index is 2.15. The predicted molar refractivity (Wildman–Crippen MR) is 82.2 cm³/mol. The van der Waals surface area contributed by atoms with Crippen LogP contribution in [-0.4, -0.2) is 20.4 Å². The second kappa shape index (κ2) is 6.82. The van der Waals surface area contributed by atoms with Gasteiger partial charge >= 0.3 is 0 Å². The molecule has 2 rings (SSSR count). The number of nitrogens with zero attached hydrogens (tertiary/aromatic N) is 1. The Morgan fingerprint density at radius 3 is 2.60 bits per heavy atom. The molecule has 0 heterocycles. The average Bonchev–Trinajstić information content (AvgIpc) is 2.47. The first-order valence-corrected chi connectivity index (χ1v) is 6.38. The Hall–Kier alpha value is -2.20. The standard InChI is InChI=1S/C15H15ClN2O2/c1-19-14-8-3-5-11(15(14)20-2)10-17-18-13-7-4-6-12(16)9-13/h3-10,18H,1-2H3. The SMILES string of the molecule is COc1cccc(C=NNc2cccc(Cl)c2)c1OC. The van der Waals surface area contributed by atoms with Crippen LogP contribution in [0.3, 0.4) is 0 Å². The molecule has 0 amide bonds. The smallest absolute Gasteiger partial charge is 0.169 e. The van der Waals surface area contributed by atoms with Crippen molar-refractivity contribution in [2.45, 2.75) is 0 Å². The van der Waals surface area contributed by atoms with E-state index >= 15 is 0 Å². The number of methoxy groups -OCH3 is 2. The van der Waals surface area contributed by atoms with Gasteiger partial charge in [-0.3, -0.25) is 5.43 Å². The van der Waals surface area contributed by atoms with E-state index in [0.717, 1.165) is 11.3 Å². The third-order valence-electron chi connectivity index (χ3n) is 2.66. The summed E-state index contributed by atoms with van der Waals surface area (Å²) in [6, 6.07) is 12.9. The van der Waals surface area contributed by atoms with Crippen LogP contribution in [0.25, 0.3) is 0 Å². The summed E-state index contributed by atoms with van der Waals surface area (Å²) in [7, 11) is 3.20. The van der Waals surface area contributed by atoms with Crippen LogP contribution < -0.4 is 14.9 Å². The molecule has 0 aromatic heterocycles. The van der Waals surface area contributed by atoms with Gasteiger partial charge in [-0.05, 0) is 30.3 Å². The van der Waals surface area contributed by atoms with Crippen LogP contribution in [-0.2, 0) is 0 Å². The summed E-state index contributed by atoms with van der Waals surface area (Å²) in [6.45, 7) is 0. The molecule has 20 heavy (non-hydrogen) atoms. The van der Waals surface area contributed by atoms with Crippen LogP contribution >= 0.6 is 11.6 Å².